The molecule has 0 spiro atoms. The molecule has 2 aliphatic rings. The maximum atomic E-state index is 12.4. The first kappa shape index (κ1) is 18.2. The molecule has 0 aromatic heterocycles. The molecule has 0 aromatic rings. The molecular formula is C16H28N2O5. The average molecular weight is 328 g/mol. The van der Waals surface area contributed by atoms with Crippen LogP contribution in [0, 0.1) is 5.41 Å². The van der Waals surface area contributed by atoms with Gasteiger partial charge in [0.05, 0.1) is 6.61 Å². The highest BCUT2D eigenvalue weighted by atomic mass is 16.7. The number of amides is 2. The van der Waals surface area contributed by atoms with Gasteiger partial charge >= 0.3 is 0 Å². The maximum Gasteiger partial charge on any atom is 0.249 e. The van der Waals surface area contributed by atoms with Crippen LogP contribution in [-0.4, -0.2) is 54.1 Å². The van der Waals surface area contributed by atoms with Crippen LogP contribution in [0.5, 0.6) is 0 Å². The zero-order valence-corrected chi connectivity index (χ0v) is 14.3. The molecule has 1 heterocycles. The Morgan fingerprint density at radius 3 is 2.52 bits per heavy atom. The van der Waals surface area contributed by atoms with E-state index >= 15 is 0 Å². The Morgan fingerprint density at radius 1 is 1.26 bits per heavy atom. The van der Waals surface area contributed by atoms with Crippen LogP contribution in [0.4, 0.5) is 0 Å². The van der Waals surface area contributed by atoms with Crippen LogP contribution in [-0.2, 0) is 19.1 Å². The second-order valence-corrected chi connectivity index (χ2v) is 7.55. The summed E-state index contributed by atoms with van der Waals surface area (Å²) in [4.78, 5) is 24.0. The van der Waals surface area contributed by atoms with Gasteiger partial charge in [-0.25, -0.2) is 0 Å². The van der Waals surface area contributed by atoms with E-state index in [1.54, 1.807) is 13.8 Å². The van der Waals surface area contributed by atoms with Gasteiger partial charge in [0, 0.05) is 18.0 Å². The predicted molar refractivity (Wildman–Crippen MR) is 83.5 cm³/mol. The van der Waals surface area contributed by atoms with Gasteiger partial charge in [0.2, 0.25) is 11.8 Å². The minimum atomic E-state index is -1.10. The number of carbonyl (C=O) groups is 2. The fourth-order valence-electron chi connectivity index (χ4n) is 2.40. The summed E-state index contributed by atoms with van der Waals surface area (Å²) in [7, 11) is 0. The van der Waals surface area contributed by atoms with E-state index in [2.05, 4.69) is 10.6 Å². The SMILES string of the molecule is CC1(C)OCC(C)(C)[C@H](C(=O)NCCC(O)C(=O)NC2CC2)O1. The van der Waals surface area contributed by atoms with E-state index in [-0.39, 0.29) is 30.8 Å². The molecule has 1 saturated carbocycles. The summed E-state index contributed by atoms with van der Waals surface area (Å²) in [6, 6.07) is 0.213. The summed E-state index contributed by atoms with van der Waals surface area (Å²) in [6.45, 7) is 8.00. The largest absolute Gasteiger partial charge is 0.383 e. The highest BCUT2D eigenvalue weighted by molar-refractivity contribution is 5.82. The van der Waals surface area contributed by atoms with Crippen LogP contribution in [0.3, 0.4) is 0 Å². The third kappa shape index (κ3) is 5.16. The average Bonchev–Trinajstić information content (AvgIpc) is 3.25. The summed E-state index contributed by atoms with van der Waals surface area (Å²) in [5, 5.41) is 15.3. The molecular weight excluding hydrogens is 300 g/mol. The van der Waals surface area contributed by atoms with E-state index in [1.807, 2.05) is 13.8 Å². The Bertz CT molecular complexity index is 459. The Kier molecular flexibility index (Phi) is 5.33. The number of hydrogen-bond donors (Lipinski definition) is 3. The smallest absolute Gasteiger partial charge is 0.249 e. The van der Waals surface area contributed by atoms with Gasteiger partial charge in [-0.1, -0.05) is 13.8 Å². The summed E-state index contributed by atoms with van der Waals surface area (Å²) >= 11 is 0. The van der Waals surface area contributed by atoms with E-state index in [9.17, 15) is 14.7 Å². The highest BCUT2D eigenvalue weighted by Crippen LogP contribution is 2.34. The minimum Gasteiger partial charge on any atom is -0.383 e. The van der Waals surface area contributed by atoms with Crippen molar-refractivity contribution in [3.05, 3.63) is 0 Å². The Morgan fingerprint density at radius 2 is 1.91 bits per heavy atom. The number of rotatable bonds is 6. The Balaban J connectivity index is 1.77. The van der Waals surface area contributed by atoms with Crippen LogP contribution >= 0.6 is 0 Å². The van der Waals surface area contributed by atoms with Gasteiger partial charge in [-0.2, -0.15) is 0 Å². The van der Waals surface area contributed by atoms with E-state index in [4.69, 9.17) is 9.47 Å². The summed E-state index contributed by atoms with van der Waals surface area (Å²) < 4.78 is 11.3. The first-order valence-corrected chi connectivity index (χ1v) is 8.19. The van der Waals surface area contributed by atoms with Crippen molar-refractivity contribution in [2.75, 3.05) is 13.2 Å². The molecule has 0 aromatic carbocycles. The zero-order chi connectivity index (χ0) is 17.3. The van der Waals surface area contributed by atoms with Crippen molar-refractivity contribution >= 4 is 11.8 Å². The molecule has 0 radical (unpaired) electrons. The zero-order valence-electron chi connectivity index (χ0n) is 14.3. The number of aliphatic hydroxyl groups excluding tert-OH is 1. The Hall–Kier alpha value is -1.18. The van der Waals surface area contributed by atoms with E-state index in [0.29, 0.717) is 6.61 Å². The molecule has 1 unspecified atom stereocenters. The van der Waals surface area contributed by atoms with Crippen LogP contribution in [0.1, 0.15) is 47.0 Å². The van der Waals surface area contributed by atoms with Crippen LogP contribution in [0.25, 0.3) is 0 Å². The Labute approximate surface area is 137 Å². The van der Waals surface area contributed by atoms with Gasteiger partial charge in [0.1, 0.15) is 12.2 Å². The number of aliphatic hydroxyl groups is 1. The lowest BCUT2D eigenvalue weighted by Crippen LogP contribution is -2.56. The molecule has 2 amide bonds. The van der Waals surface area contributed by atoms with Crippen LogP contribution in [0.2, 0.25) is 0 Å². The van der Waals surface area contributed by atoms with Gasteiger partial charge in [0.25, 0.3) is 0 Å². The van der Waals surface area contributed by atoms with E-state index in [0.717, 1.165) is 12.8 Å². The van der Waals surface area contributed by atoms with Crippen LogP contribution in [0.15, 0.2) is 0 Å². The molecule has 7 nitrogen and oxygen atoms in total. The minimum absolute atomic E-state index is 0.178. The number of carbonyl (C=O) groups excluding carboxylic acids is 2. The quantitative estimate of drug-likeness (QED) is 0.652. The normalized spacial score (nSPS) is 27.1. The third-order valence-electron chi connectivity index (χ3n) is 4.08. The number of nitrogens with one attached hydrogen (secondary N) is 2. The standard InChI is InChI=1S/C16H28N2O5/c1-15(2)9-22-16(3,4)23-12(15)14(21)17-8-7-11(19)13(20)18-10-5-6-10/h10-12,19H,5-9H2,1-4H3,(H,17,21)(H,18,20)/t11?,12-/m0/s1. The maximum absolute atomic E-state index is 12.4. The third-order valence-corrected chi connectivity index (χ3v) is 4.08. The van der Waals surface area contributed by atoms with Crippen molar-refractivity contribution in [1.29, 1.82) is 0 Å². The highest BCUT2D eigenvalue weighted by Gasteiger charge is 2.45. The molecule has 1 aliphatic carbocycles. The summed E-state index contributed by atoms with van der Waals surface area (Å²) in [5.74, 6) is -1.42. The summed E-state index contributed by atoms with van der Waals surface area (Å²) in [5.41, 5.74) is -0.443. The molecule has 132 valence electrons. The van der Waals surface area contributed by atoms with Gasteiger partial charge in [0.15, 0.2) is 5.79 Å². The van der Waals surface area contributed by atoms with Gasteiger partial charge in [-0.15, -0.1) is 0 Å². The fourth-order valence-corrected chi connectivity index (χ4v) is 2.40. The van der Waals surface area contributed by atoms with Crippen molar-refractivity contribution in [3.63, 3.8) is 0 Å². The topological polar surface area (TPSA) is 96.9 Å². The molecule has 1 saturated heterocycles. The van der Waals surface area contributed by atoms with Crippen molar-refractivity contribution in [2.24, 2.45) is 5.41 Å². The molecule has 2 rings (SSSR count). The van der Waals surface area contributed by atoms with Crippen LogP contribution < -0.4 is 10.6 Å². The lowest BCUT2D eigenvalue weighted by Gasteiger charge is -2.44. The monoisotopic (exact) mass is 328 g/mol. The van der Waals surface area contributed by atoms with Gasteiger partial charge in [-0.3, -0.25) is 9.59 Å². The molecule has 2 fully saturated rings. The predicted octanol–water partition coefficient (Wildman–Crippen LogP) is 0.310. The molecule has 1 aliphatic heterocycles. The van der Waals surface area contributed by atoms with Gasteiger partial charge < -0.3 is 25.2 Å². The van der Waals surface area contributed by atoms with Crippen molar-refractivity contribution in [1.82, 2.24) is 10.6 Å². The lowest BCUT2D eigenvalue weighted by molar-refractivity contribution is -0.304. The lowest BCUT2D eigenvalue weighted by atomic mass is 9.85. The molecule has 23 heavy (non-hydrogen) atoms. The first-order valence-electron chi connectivity index (χ1n) is 8.19. The van der Waals surface area contributed by atoms with Crippen molar-refractivity contribution < 1.29 is 24.2 Å². The number of ether oxygens (including phenoxy) is 2. The second kappa shape index (κ2) is 6.75. The second-order valence-electron chi connectivity index (χ2n) is 7.55. The fraction of sp³-hybridized carbons (Fsp3) is 0.875. The molecule has 3 N–H and O–H groups in total. The van der Waals surface area contributed by atoms with Crippen molar-refractivity contribution in [3.8, 4) is 0 Å². The van der Waals surface area contributed by atoms with Crippen molar-refractivity contribution in [2.45, 2.75) is 71.0 Å². The van der Waals surface area contributed by atoms with Gasteiger partial charge in [-0.05, 0) is 33.1 Å². The molecule has 7 heteroatoms. The summed E-state index contributed by atoms with van der Waals surface area (Å²) in [6.07, 6.45) is 0.388. The molecule has 2 atom stereocenters. The molecule has 0 bridgehead atoms. The number of hydrogen-bond acceptors (Lipinski definition) is 5. The first-order chi connectivity index (χ1) is 10.6. The van der Waals surface area contributed by atoms with E-state index < -0.39 is 23.4 Å². The van der Waals surface area contributed by atoms with E-state index in [1.165, 1.54) is 0 Å².